The summed E-state index contributed by atoms with van der Waals surface area (Å²) in [6.45, 7) is 5.54. The molecule has 0 aliphatic carbocycles. The van der Waals surface area contributed by atoms with E-state index in [-0.39, 0.29) is 12.5 Å². The highest BCUT2D eigenvalue weighted by Gasteiger charge is 2.44. The summed E-state index contributed by atoms with van der Waals surface area (Å²) < 4.78 is 54.9. The van der Waals surface area contributed by atoms with Crippen LogP contribution < -0.4 is 4.74 Å². The van der Waals surface area contributed by atoms with Crippen LogP contribution in [0.25, 0.3) is 0 Å². The van der Waals surface area contributed by atoms with Crippen LogP contribution in [0.3, 0.4) is 0 Å². The van der Waals surface area contributed by atoms with Crippen LogP contribution in [-0.2, 0) is 6.54 Å². The number of rotatable bonds is 7. The van der Waals surface area contributed by atoms with Gasteiger partial charge in [0.25, 0.3) is 5.91 Å². The number of aryl methyl sites for hydroxylation is 2. The molecule has 4 nitrogen and oxygen atoms in total. The van der Waals surface area contributed by atoms with Crippen molar-refractivity contribution in [2.45, 2.75) is 39.9 Å². The van der Waals surface area contributed by atoms with Crippen LogP contribution in [0.15, 0.2) is 41.4 Å². The molecule has 0 unspecified atom stereocenters. The summed E-state index contributed by atoms with van der Waals surface area (Å²) in [7, 11) is 1.57. The molecule has 2 aromatic carbocycles. The lowest BCUT2D eigenvalue weighted by Gasteiger charge is -2.21. The minimum atomic E-state index is -4.59. The summed E-state index contributed by atoms with van der Waals surface area (Å²) in [6.07, 6.45) is -6.86. The number of amides is 1. The molecule has 2 aromatic rings. The van der Waals surface area contributed by atoms with Gasteiger partial charge in [-0.25, -0.2) is 0 Å². The van der Waals surface area contributed by atoms with Crippen molar-refractivity contribution in [1.82, 2.24) is 4.90 Å². The number of alkyl halides is 4. The standard InChI is InChI=1S/C21H22F4N2O2/c1-5-26-18-10-13(2)17(9-14(18)3)19(28)27(4)12-15-7-6-8-16(11-15)29-21(24,25)20(22)23/h5-11,20H,12H2,1-4H3. The summed E-state index contributed by atoms with van der Waals surface area (Å²) in [6, 6.07) is 8.92. The Balaban J connectivity index is 2.18. The number of hydrogen-bond donors (Lipinski definition) is 0. The van der Waals surface area contributed by atoms with Crippen LogP contribution in [0, 0.1) is 13.8 Å². The second-order valence-electron chi connectivity index (χ2n) is 6.61. The quantitative estimate of drug-likeness (QED) is 0.445. The molecule has 0 spiro atoms. The molecule has 0 radical (unpaired) electrons. The molecule has 8 heteroatoms. The molecule has 2 rings (SSSR count). The van der Waals surface area contributed by atoms with Crippen LogP contribution in [-0.4, -0.2) is 36.6 Å². The fourth-order valence-electron chi connectivity index (χ4n) is 2.77. The van der Waals surface area contributed by atoms with Crippen molar-refractivity contribution in [3.05, 3.63) is 58.7 Å². The van der Waals surface area contributed by atoms with Gasteiger partial charge in [-0.05, 0) is 61.7 Å². The number of halogens is 4. The highest BCUT2D eigenvalue weighted by Crippen LogP contribution is 2.28. The van der Waals surface area contributed by atoms with E-state index >= 15 is 0 Å². The van der Waals surface area contributed by atoms with Crippen molar-refractivity contribution < 1.29 is 27.1 Å². The van der Waals surface area contributed by atoms with Crippen molar-refractivity contribution in [2.75, 3.05) is 7.05 Å². The van der Waals surface area contributed by atoms with E-state index in [1.807, 2.05) is 13.0 Å². The van der Waals surface area contributed by atoms with E-state index in [9.17, 15) is 22.4 Å². The maximum atomic E-state index is 13.1. The number of benzene rings is 2. The highest BCUT2D eigenvalue weighted by atomic mass is 19.3. The first-order chi connectivity index (χ1) is 13.5. The Hall–Kier alpha value is -2.90. The molecule has 0 N–H and O–H groups in total. The van der Waals surface area contributed by atoms with E-state index in [1.54, 1.807) is 39.2 Å². The molecule has 0 fully saturated rings. The molecule has 0 aliphatic rings. The van der Waals surface area contributed by atoms with Gasteiger partial charge >= 0.3 is 12.5 Å². The van der Waals surface area contributed by atoms with Gasteiger partial charge < -0.3 is 9.64 Å². The molecule has 0 aliphatic heterocycles. The van der Waals surface area contributed by atoms with Crippen molar-refractivity contribution in [3.8, 4) is 5.75 Å². The Morgan fingerprint density at radius 2 is 1.90 bits per heavy atom. The number of nitrogens with zero attached hydrogens (tertiary/aromatic N) is 2. The molecule has 0 atom stereocenters. The van der Waals surface area contributed by atoms with Crippen LogP contribution in [0.1, 0.15) is 34.0 Å². The average molecular weight is 410 g/mol. The van der Waals surface area contributed by atoms with Gasteiger partial charge in [0.15, 0.2) is 0 Å². The largest absolute Gasteiger partial charge is 0.461 e. The predicted octanol–water partition coefficient (Wildman–Crippen LogP) is 5.53. The summed E-state index contributed by atoms with van der Waals surface area (Å²) in [5.41, 5.74) is 3.33. The number of carbonyl (C=O) groups excluding carboxylic acids is 1. The Bertz CT molecular complexity index is 914. The summed E-state index contributed by atoms with van der Waals surface area (Å²) in [5.74, 6) is -0.663. The molecular formula is C21H22F4N2O2. The van der Waals surface area contributed by atoms with Crippen LogP contribution in [0.2, 0.25) is 0 Å². The first-order valence-electron chi connectivity index (χ1n) is 8.84. The third kappa shape index (κ3) is 5.56. The van der Waals surface area contributed by atoms with Crippen LogP contribution >= 0.6 is 0 Å². The minimum absolute atomic E-state index is 0.0869. The number of carbonyl (C=O) groups is 1. The molecule has 0 heterocycles. The molecule has 29 heavy (non-hydrogen) atoms. The van der Waals surface area contributed by atoms with Gasteiger partial charge in [0.1, 0.15) is 5.75 Å². The minimum Gasteiger partial charge on any atom is -0.428 e. The second-order valence-corrected chi connectivity index (χ2v) is 6.61. The SMILES string of the molecule is CC=Nc1cc(C)c(C(=O)N(C)Cc2cccc(OC(F)(F)C(F)F)c2)cc1C. The normalized spacial score (nSPS) is 11.9. The number of ether oxygens (including phenoxy) is 1. The van der Waals surface area contributed by atoms with E-state index in [2.05, 4.69) is 9.73 Å². The smallest absolute Gasteiger partial charge is 0.428 e. The van der Waals surface area contributed by atoms with E-state index in [0.29, 0.717) is 11.1 Å². The van der Waals surface area contributed by atoms with Crippen molar-refractivity contribution in [2.24, 2.45) is 4.99 Å². The predicted molar refractivity (Wildman–Crippen MR) is 104 cm³/mol. The van der Waals surface area contributed by atoms with Gasteiger partial charge in [-0.1, -0.05) is 12.1 Å². The number of hydrogen-bond acceptors (Lipinski definition) is 3. The lowest BCUT2D eigenvalue weighted by molar-refractivity contribution is -0.253. The van der Waals surface area contributed by atoms with Gasteiger partial charge in [0.2, 0.25) is 0 Å². The highest BCUT2D eigenvalue weighted by molar-refractivity contribution is 5.96. The molecule has 0 saturated heterocycles. The molecule has 1 amide bonds. The molecule has 0 bridgehead atoms. The van der Waals surface area contributed by atoms with E-state index in [4.69, 9.17) is 0 Å². The summed E-state index contributed by atoms with van der Waals surface area (Å²) >= 11 is 0. The Morgan fingerprint density at radius 3 is 2.52 bits per heavy atom. The Kier molecular flexibility index (Phi) is 7.00. The molecule has 156 valence electrons. The zero-order valence-corrected chi connectivity index (χ0v) is 16.5. The van der Waals surface area contributed by atoms with E-state index in [1.165, 1.54) is 17.0 Å². The van der Waals surface area contributed by atoms with Gasteiger partial charge in [0, 0.05) is 25.4 Å². The third-order valence-electron chi connectivity index (χ3n) is 4.21. The summed E-state index contributed by atoms with van der Waals surface area (Å²) in [5, 5.41) is 0. The zero-order chi connectivity index (χ0) is 21.8. The molecular weight excluding hydrogens is 388 g/mol. The molecule has 0 saturated carbocycles. The fourth-order valence-corrected chi connectivity index (χ4v) is 2.77. The second kappa shape index (κ2) is 9.07. The Morgan fingerprint density at radius 1 is 1.21 bits per heavy atom. The van der Waals surface area contributed by atoms with Crippen LogP contribution in [0.4, 0.5) is 23.2 Å². The summed E-state index contributed by atoms with van der Waals surface area (Å²) in [4.78, 5) is 18.5. The van der Waals surface area contributed by atoms with Crippen LogP contribution in [0.5, 0.6) is 5.75 Å². The maximum absolute atomic E-state index is 13.1. The van der Waals surface area contributed by atoms with E-state index < -0.39 is 18.3 Å². The van der Waals surface area contributed by atoms with Gasteiger partial charge in [-0.2, -0.15) is 17.6 Å². The zero-order valence-electron chi connectivity index (χ0n) is 16.5. The van der Waals surface area contributed by atoms with Gasteiger partial charge in [0.05, 0.1) is 5.69 Å². The topological polar surface area (TPSA) is 41.9 Å². The lowest BCUT2D eigenvalue weighted by atomic mass is 10.0. The number of aliphatic imine (C=N–C) groups is 1. The maximum Gasteiger partial charge on any atom is 0.461 e. The van der Waals surface area contributed by atoms with Crippen molar-refractivity contribution in [3.63, 3.8) is 0 Å². The monoisotopic (exact) mass is 410 g/mol. The van der Waals surface area contributed by atoms with Gasteiger partial charge in [-0.3, -0.25) is 9.79 Å². The lowest BCUT2D eigenvalue weighted by Crippen LogP contribution is -2.33. The molecule has 0 aromatic heterocycles. The van der Waals surface area contributed by atoms with E-state index in [0.717, 1.165) is 22.9 Å². The third-order valence-corrected chi connectivity index (χ3v) is 4.21. The van der Waals surface area contributed by atoms with Crippen molar-refractivity contribution >= 4 is 17.8 Å². The average Bonchev–Trinajstić information content (AvgIpc) is 2.63. The Labute approximate surface area is 166 Å². The first kappa shape index (κ1) is 22.4. The van der Waals surface area contributed by atoms with Crippen molar-refractivity contribution in [1.29, 1.82) is 0 Å². The van der Waals surface area contributed by atoms with Gasteiger partial charge in [-0.15, -0.1) is 0 Å². The first-order valence-corrected chi connectivity index (χ1v) is 8.84. The fraction of sp³-hybridized carbons (Fsp3) is 0.333.